The summed E-state index contributed by atoms with van der Waals surface area (Å²) in [5.74, 6) is 1.50. The number of aromatic nitrogens is 2. The van der Waals surface area contributed by atoms with Crippen molar-refractivity contribution in [3.8, 4) is 11.6 Å². The first-order chi connectivity index (χ1) is 7.72. The summed E-state index contributed by atoms with van der Waals surface area (Å²) in [5, 5.41) is 2.90. The first kappa shape index (κ1) is 12.5. The normalized spacial score (nSPS) is 12.0. The molecule has 0 radical (unpaired) electrons. The van der Waals surface area contributed by atoms with Crippen LogP contribution in [0.1, 0.15) is 6.92 Å². The molecule has 0 aliphatic heterocycles. The van der Waals surface area contributed by atoms with Crippen LogP contribution in [0.25, 0.3) is 0 Å². The lowest BCUT2D eigenvalue weighted by Gasteiger charge is -2.16. The van der Waals surface area contributed by atoms with E-state index in [0.717, 1.165) is 0 Å². The van der Waals surface area contributed by atoms with Gasteiger partial charge in [-0.1, -0.05) is 0 Å². The highest BCUT2D eigenvalue weighted by molar-refractivity contribution is 5.54. The van der Waals surface area contributed by atoms with Gasteiger partial charge in [-0.15, -0.1) is 0 Å². The number of anilines is 1. The number of hydrogen-bond acceptors (Lipinski definition) is 6. The summed E-state index contributed by atoms with van der Waals surface area (Å²) in [6, 6.07) is 0. The Kier molecular flexibility index (Phi) is 4.78. The van der Waals surface area contributed by atoms with Gasteiger partial charge >= 0.3 is 0 Å². The fraction of sp³-hybridized carbons (Fsp3) is 0.600. The van der Waals surface area contributed by atoms with E-state index in [9.17, 15) is 0 Å². The van der Waals surface area contributed by atoms with Crippen molar-refractivity contribution in [1.82, 2.24) is 9.97 Å². The van der Waals surface area contributed by atoms with Gasteiger partial charge in [0.25, 0.3) is 5.88 Å². The zero-order valence-electron chi connectivity index (χ0n) is 9.98. The molecule has 0 aromatic carbocycles. The largest absolute Gasteiger partial charge is 0.489 e. The molecule has 16 heavy (non-hydrogen) atoms. The van der Waals surface area contributed by atoms with Crippen LogP contribution in [0.5, 0.6) is 11.6 Å². The van der Waals surface area contributed by atoms with Crippen molar-refractivity contribution in [2.45, 2.75) is 13.0 Å². The molecule has 0 fully saturated rings. The predicted molar refractivity (Wildman–Crippen MR) is 60.1 cm³/mol. The molecule has 0 aliphatic rings. The molecule has 0 bridgehead atoms. The molecule has 6 heteroatoms. The molecule has 1 heterocycles. The van der Waals surface area contributed by atoms with Crippen molar-refractivity contribution in [2.75, 3.05) is 33.2 Å². The Morgan fingerprint density at radius 2 is 2.12 bits per heavy atom. The number of methoxy groups -OCH3 is 2. The fourth-order valence-corrected chi connectivity index (χ4v) is 1.26. The van der Waals surface area contributed by atoms with Crippen LogP contribution in [0.3, 0.4) is 0 Å². The van der Waals surface area contributed by atoms with Gasteiger partial charge in [0.15, 0.2) is 5.82 Å². The number of rotatable bonds is 6. The molecule has 1 N–H and O–H groups in total. The van der Waals surface area contributed by atoms with Crippen LogP contribution in [0.2, 0.25) is 0 Å². The van der Waals surface area contributed by atoms with Crippen LogP contribution >= 0.6 is 0 Å². The molecule has 6 nitrogen and oxygen atoms in total. The average molecular weight is 227 g/mol. The highest BCUT2D eigenvalue weighted by Crippen LogP contribution is 2.30. The van der Waals surface area contributed by atoms with Gasteiger partial charge in [-0.2, -0.15) is 4.98 Å². The monoisotopic (exact) mass is 227 g/mol. The zero-order chi connectivity index (χ0) is 12.0. The van der Waals surface area contributed by atoms with Gasteiger partial charge in [0, 0.05) is 14.2 Å². The van der Waals surface area contributed by atoms with Gasteiger partial charge < -0.3 is 19.5 Å². The highest BCUT2D eigenvalue weighted by Gasteiger charge is 2.14. The maximum Gasteiger partial charge on any atom is 0.262 e. The Morgan fingerprint density at radius 1 is 1.38 bits per heavy atom. The molecule has 90 valence electrons. The summed E-state index contributed by atoms with van der Waals surface area (Å²) in [7, 11) is 4.93. The van der Waals surface area contributed by atoms with E-state index in [1.807, 2.05) is 6.92 Å². The fourth-order valence-electron chi connectivity index (χ4n) is 1.26. The third kappa shape index (κ3) is 2.96. The molecule has 0 amide bonds. The minimum absolute atomic E-state index is 0.0986. The number of hydrogen-bond donors (Lipinski definition) is 1. The summed E-state index contributed by atoms with van der Waals surface area (Å²) in [6.45, 7) is 2.38. The number of ether oxygens (including phenoxy) is 3. The number of nitrogens with one attached hydrogen (secondary N) is 1. The van der Waals surface area contributed by atoms with Gasteiger partial charge in [-0.25, -0.2) is 4.98 Å². The maximum atomic E-state index is 5.58. The minimum atomic E-state index is -0.0986. The summed E-state index contributed by atoms with van der Waals surface area (Å²) in [6.07, 6.45) is 1.32. The van der Waals surface area contributed by atoms with Gasteiger partial charge in [0.2, 0.25) is 5.75 Å². The second kappa shape index (κ2) is 6.12. The SMILES string of the molecule is CNc1ncnc(OC(C)COC)c1OC. The van der Waals surface area contributed by atoms with E-state index in [0.29, 0.717) is 24.1 Å². The first-order valence-electron chi connectivity index (χ1n) is 4.95. The molecule has 1 atom stereocenters. The van der Waals surface area contributed by atoms with Crippen LogP contribution in [0.15, 0.2) is 6.33 Å². The first-order valence-corrected chi connectivity index (χ1v) is 4.95. The molecule has 0 saturated carbocycles. The predicted octanol–water partition coefficient (Wildman–Crippen LogP) is 0.941. The van der Waals surface area contributed by atoms with E-state index in [-0.39, 0.29) is 6.10 Å². The van der Waals surface area contributed by atoms with Crippen LogP contribution in [-0.4, -0.2) is 43.9 Å². The third-order valence-electron chi connectivity index (χ3n) is 1.93. The Bertz CT molecular complexity index is 333. The van der Waals surface area contributed by atoms with Crippen LogP contribution in [-0.2, 0) is 4.74 Å². The van der Waals surface area contributed by atoms with E-state index in [1.54, 1.807) is 21.3 Å². The lowest BCUT2D eigenvalue weighted by Crippen LogP contribution is -2.19. The molecular formula is C10H17N3O3. The van der Waals surface area contributed by atoms with Crippen molar-refractivity contribution < 1.29 is 14.2 Å². The minimum Gasteiger partial charge on any atom is -0.489 e. The zero-order valence-corrected chi connectivity index (χ0v) is 9.98. The Labute approximate surface area is 95.0 Å². The van der Waals surface area contributed by atoms with E-state index >= 15 is 0 Å². The van der Waals surface area contributed by atoms with Crippen molar-refractivity contribution in [2.24, 2.45) is 0 Å². The molecule has 1 aromatic rings. The second-order valence-corrected chi connectivity index (χ2v) is 3.19. The van der Waals surface area contributed by atoms with Gasteiger partial charge in [-0.3, -0.25) is 0 Å². The quantitative estimate of drug-likeness (QED) is 0.780. The highest BCUT2D eigenvalue weighted by atomic mass is 16.5. The molecule has 0 spiro atoms. The van der Waals surface area contributed by atoms with E-state index < -0.39 is 0 Å². The summed E-state index contributed by atoms with van der Waals surface area (Å²) in [5.41, 5.74) is 0. The van der Waals surface area contributed by atoms with Gasteiger partial charge in [0.05, 0.1) is 13.7 Å². The van der Waals surface area contributed by atoms with Crippen LogP contribution < -0.4 is 14.8 Å². The van der Waals surface area contributed by atoms with Crippen LogP contribution in [0.4, 0.5) is 5.82 Å². The van der Waals surface area contributed by atoms with Crippen molar-refractivity contribution in [1.29, 1.82) is 0 Å². The lowest BCUT2D eigenvalue weighted by molar-refractivity contribution is 0.0866. The Balaban J connectivity index is 2.86. The maximum absolute atomic E-state index is 5.58. The molecule has 0 aliphatic carbocycles. The second-order valence-electron chi connectivity index (χ2n) is 3.19. The smallest absolute Gasteiger partial charge is 0.262 e. The summed E-state index contributed by atoms with van der Waals surface area (Å²) in [4.78, 5) is 8.05. The summed E-state index contributed by atoms with van der Waals surface area (Å²) < 4.78 is 15.8. The van der Waals surface area contributed by atoms with Crippen LogP contribution in [0, 0.1) is 0 Å². The Hall–Kier alpha value is -1.56. The van der Waals surface area contributed by atoms with E-state index in [4.69, 9.17) is 14.2 Å². The van der Waals surface area contributed by atoms with Gasteiger partial charge in [0.1, 0.15) is 12.4 Å². The van der Waals surface area contributed by atoms with Crippen molar-refractivity contribution >= 4 is 5.82 Å². The average Bonchev–Trinajstić information content (AvgIpc) is 2.29. The molecule has 0 saturated heterocycles. The summed E-state index contributed by atoms with van der Waals surface area (Å²) >= 11 is 0. The van der Waals surface area contributed by atoms with E-state index in [1.165, 1.54) is 6.33 Å². The molecule has 1 rings (SSSR count). The molecule has 1 unspecified atom stereocenters. The standard InChI is InChI=1S/C10H17N3O3/c1-7(5-14-3)16-10-8(15-4)9(11-2)12-6-13-10/h6-7H,5H2,1-4H3,(H,11,12,13). The lowest BCUT2D eigenvalue weighted by atomic mass is 10.4. The Morgan fingerprint density at radius 3 is 2.69 bits per heavy atom. The van der Waals surface area contributed by atoms with Crippen molar-refractivity contribution in [3.05, 3.63) is 6.33 Å². The van der Waals surface area contributed by atoms with Crippen molar-refractivity contribution in [3.63, 3.8) is 0 Å². The van der Waals surface area contributed by atoms with Gasteiger partial charge in [-0.05, 0) is 6.92 Å². The third-order valence-corrected chi connectivity index (χ3v) is 1.93. The molecular weight excluding hydrogens is 210 g/mol. The molecule has 1 aromatic heterocycles. The number of nitrogens with zero attached hydrogens (tertiary/aromatic N) is 2. The van der Waals surface area contributed by atoms with E-state index in [2.05, 4.69) is 15.3 Å². The topological polar surface area (TPSA) is 65.5 Å².